The number of carbonyl (C=O) groups excluding carboxylic acids is 1. The molecule has 0 N–H and O–H groups in total. The maximum Gasteiger partial charge on any atom is 0.338 e. The van der Waals surface area contributed by atoms with Gasteiger partial charge in [-0.05, 0) is 50.6 Å². The summed E-state index contributed by atoms with van der Waals surface area (Å²) in [5.41, 5.74) is 1.94. The molecule has 9 heteroatoms. The van der Waals surface area contributed by atoms with E-state index in [9.17, 15) is 9.59 Å². The molecule has 0 saturated heterocycles. The molecule has 38 heavy (non-hydrogen) atoms. The average Bonchev–Trinajstić information content (AvgIpc) is 3.21. The number of fused-ring (bicyclic) bond motifs is 1. The molecule has 2 heterocycles. The molecule has 0 aliphatic carbocycles. The highest BCUT2D eigenvalue weighted by Crippen LogP contribution is 2.36. The molecule has 1 unspecified atom stereocenters. The van der Waals surface area contributed by atoms with E-state index in [2.05, 4.69) is 11.6 Å². The lowest BCUT2D eigenvalue weighted by Crippen LogP contribution is -2.40. The number of hydrogen-bond acceptors (Lipinski definition) is 8. The smallest absolute Gasteiger partial charge is 0.338 e. The molecule has 0 fully saturated rings. The van der Waals surface area contributed by atoms with Gasteiger partial charge in [-0.1, -0.05) is 48.3 Å². The molecule has 1 aliphatic heterocycles. The van der Waals surface area contributed by atoms with Crippen LogP contribution in [-0.4, -0.2) is 37.5 Å². The van der Waals surface area contributed by atoms with Gasteiger partial charge in [-0.15, -0.1) is 0 Å². The van der Waals surface area contributed by atoms with Crippen molar-refractivity contribution < 1.29 is 23.7 Å². The van der Waals surface area contributed by atoms with E-state index in [-0.39, 0.29) is 12.2 Å². The molecule has 0 saturated carbocycles. The quantitative estimate of drug-likeness (QED) is 0.291. The van der Waals surface area contributed by atoms with Crippen molar-refractivity contribution in [3.8, 4) is 17.2 Å². The first-order valence-electron chi connectivity index (χ1n) is 12.3. The van der Waals surface area contributed by atoms with Crippen LogP contribution in [0.2, 0.25) is 0 Å². The molecule has 0 bridgehead atoms. The van der Waals surface area contributed by atoms with Crippen LogP contribution in [0, 0.1) is 0 Å². The third-order valence-electron chi connectivity index (χ3n) is 5.88. The maximum atomic E-state index is 13.9. The van der Waals surface area contributed by atoms with E-state index in [1.807, 2.05) is 37.3 Å². The summed E-state index contributed by atoms with van der Waals surface area (Å²) in [6, 6.07) is 12.1. The van der Waals surface area contributed by atoms with E-state index in [0.717, 1.165) is 5.56 Å². The fraction of sp³-hybridized carbons (Fsp3) is 0.276. The number of para-hydroxylation sites is 1. The molecular weight excluding hydrogens is 504 g/mol. The molecule has 1 aromatic heterocycles. The molecule has 0 radical (unpaired) electrons. The topological polar surface area (TPSA) is 88.4 Å². The second kappa shape index (κ2) is 12.0. The number of thiazole rings is 1. The van der Waals surface area contributed by atoms with Gasteiger partial charge in [-0.25, -0.2) is 9.79 Å². The molecule has 4 rings (SSSR count). The Kier molecular flexibility index (Phi) is 8.48. The Morgan fingerprint density at radius 1 is 1.11 bits per heavy atom. The highest BCUT2D eigenvalue weighted by atomic mass is 32.1. The van der Waals surface area contributed by atoms with Gasteiger partial charge < -0.3 is 18.9 Å². The van der Waals surface area contributed by atoms with E-state index in [1.54, 1.807) is 49.8 Å². The van der Waals surface area contributed by atoms with Crippen molar-refractivity contribution >= 4 is 23.4 Å². The zero-order valence-corrected chi connectivity index (χ0v) is 22.7. The number of carbonyl (C=O) groups is 1. The number of rotatable bonds is 10. The van der Waals surface area contributed by atoms with Gasteiger partial charge in [0, 0.05) is 5.56 Å². The first kappa shape index (κ1) is 26.9. The van der Waals surface area contributed by atoms with Crippen LogP contribution in [0.25, 0.3) is 6.08 Å². The minimum Gasteiger partial charge on any atom is -0.496 e. The lowest BCUT2D eigenvalue weighted by atomic mass is 9.95. The summed E-state index contributed by atoms with van der Waals surface area (Å²) >= 11 is 1.25. The van der Waals surface area contributed by atoms with E-state index < -0.39 is 12.0 Å². The summed E-state index contributed by atoms with van der Waals surface area (Å²) in [7, 11) is 1.58. The summed E-state index contributed by atoms with van der Waals surface area (Å²) in [4.78, 5) is 32.1. The minimum atomic E-state index is -0.766. The molecule has 0 amide bonds. The SMILES string of the molecule is C=CCOc1ccc(C2C(C(=O)OCC)=C(C)N=c3s/c(=C/c4ccccc4OC)c(=O)n32)cc1OCC. The van der Waals surface area contributed by atoms with Gasteiger partial charge in [-0.3, -0.25) is 9.36 Å². The standard InChI is InChI=1S/C29H30N2O6S/c1-6-15-37-22-14-13-20(16-23(22)35-7-2)26-25(28(33)36-8-3)18(4)30-29-31(26)27(32)24(38-29)17-19-11-9-10-12-21(19)34-5/h6,9-14,16-17,26H,1,7-8,15H2,2-5H3/b24-17+. The minimum absolute atomic E-state index is 0.194. The number of methoxy groups -OCH3 is 1. The van der Waals surface area contributed by atoms with Crippen LogP contribution in [0.3, 0.4) is 0 Å². The first-order chi connectivity index (χ1) is 18.4. The number of aromatic nitrogens is 1. The molecule has 2 aromatic carbocycles. The number of nitrogens with zero attached hydrogens (tertiary/aromatic N) is 2. The number of hydrogen-bond donors (Lipinski definition) is 0. The fourth-order valence-corrected chi connectivity index (χ4v) is 5.30. The Bertz CT molecular complexity index is 1570. The summed E-state index contributed by atoms with van der Waals surface area (Å²) in [6.45, 7) is 9.98. The van der Waals surface area contributed by atoms with Gasteiger partial charge in [0.05, 0.1) is 42.2 Å². The summed E-state index contributed by atoms with van der Waals surface area (Å²) in [5, 5.41) is 0. The molecule has 1 aliphatic rings. The lowest BCUT2D eigenvalue weighted by molar-refractivity contribution is -0.139. The van der Waals surface area contributed by atoms with E-state index in [1.165, 1.54) is 11.3 Å². The van der Waals surface area contributed by atoms with Gasteiger partial charge in [0.2, 0.25) is 0 Å². The molecule has 3 aromatic rings. The highest BCUT2D eigenvalue weighted by Gasteiger charge is 2.34. The average molecular weight is 535 g/mol. The van der Waals surface area contributed by atoms with Gasteiger partial charge in [0.1, 0.15) is 12.4 Å². The normalized spacial score (nSPS) is 14.9. The Morgan fingerprint density at radius 2 is 1.89 bits per heavy atom. The summed E-state index contributed by atoms with van der Waals surface area (Å²) < 4.78 is 24.4. The molecule has 8 nitrogen and oxygen atoms in total. The van der Waals surface area contributed by atoms with Crippen LogP contribution in [0.15, 0.2) is 76.2 Å². The van der Waals surface area contributed by atoms with Crippen LogP contribution >= 0.6 is 11.3 Å². The molecule has 0 spiro atoms. The second-order valence-corrected chi connectivity index (χ2v) is 9.29. The highest BCUT2D eigenvalue weighted by molar-refractivity contribution is 7.07. The van der Waals surface area contributed by atoms with Crippen LogP contribution in [0.4, 0.5) is 0 Å². The van der Waals surface area contributed by atoms with Crippen molar-refractivity contribution in [3.63, 3.8) is 0 Å². The Balaban J connectivity index is 1.95. The number of allylic oxidation sites excluding steroid dienone is 1. The zero-order chi connectivity index (χ0) is 27.2. The monoisotopic (exact) mass is 534 g/mol. The number of ether oxygens (including phenoxy) is 4. The van der Waals surface area contributed by atoms with Crippen molar-refractivity contribution in [3.05, 3.63) is 97.2 Å². The van der Waals surface area contributed by atoms with Gasteiger partial charge in [-0.2, -0.15) is 0 Å². The summed E-state index contributed by atoms with van der Waals surface area (Å²) in [5.74, 6) is 1.16. The molecular formula is C29H30N2O6S. The first-order valence-corrected chi connectivity index (χ1v) is 13.1. The Morgan fingerprint density at radius 3 is 2.61 bits per heavy atom. The van der Waals surface area contributed by atoms with Crippen molar-refractivity contribution in [2.24, 2.45) is 4.99 Å². The third kappa shape index (κ3) is 5.28. The third-order valence-corrected chi connectivity index (χ3v) is 6.87. The Hall–Kier alpha value is -4.11. The lowest BCUT2D eigenvalue weighted by Gasteiger charge is -2.25. The maximum absolute atomic E-state index is 13.9. The Labute approximate surface area is 224 Å². The number of benzene rings is 2. The van der Waals surface area contributed by atoms with E-state index in [0.29, 0.717) is 56.6 Å². The van der Waals surface area contributed by atoms with Gasteiger partial charge in [0.25, 0.3) is 5.56 Å². The largest absolute Gasteiger partial charge is 0.496 e. The molecule has 1 atom stereocenters. The van der Waals surface area contributed by atoms with Crippen molar-refractivity contribution in [2.45, 2.75) is 26.8 Å². The van der Waals surface area contributed by atoms with Crippen molar-refractivity contribution in [1.82, 2.24) is 4.57 Å². The summed E-state index contributed by atoms with van der Waals surface area (Å²) in [6.07, 6.45) is 3.43. The van der Waals surface area contributed by atoms with E-state index >= 15 is 0 Å². The zero-order valence-electron chi connectivity index (χ0n) is 21.9. The predicted molar refractivity (Wildman–Crippen MR) is 147 cm³/mol. The second-order valence-electron chi connectivity index (χ2n) is 8.28. The van der Waals surface area contributed by atoms with Crippen LogP contribution in [-0.2, 0) is 9.53 Å². The van der Waals surface area contributed by atoms with Crippen LogP contribution < -0.4 is 29.1 Å². The van der Waals surface area contributed by atoms with Crippen LogP contribution in [0.5, 0.6) is 17.2 Å². The van der Waals surface area contributed by atoms with Crippen molar-refractivity contribution in [1.29, 1.82) is 0 Å². The fourth-order valence-electron chi connectivity index (χ4n) is 4.26. The van der Waals surface area contributed by atoms with Crippen molar-refractivity contribution in [2.75, 3.05) is 26.9 Å². The molecule has 198 valence electrons. The predicted octanol–water partition coefficient (Wildman–Crippen LogP) is 3.77. The van der Waals surface area contributed by atoms with Crippen LogP contribution in [0.1, 0.15) is 37.9 Å². The van der Waals surface area contributed by atoms with E-state index in [4.69, 9.17) is 18.9 Å². The van der Waals surface area contributed by atoms with Gasteiger partial charge >= 0.3 is 5.97 Å². The number of esters is 1. The van der Waals surface area contributed by atoms with Gasteiger partial charge in [0.15, 0.2) is 16.3 Å².